The van der Waals surface area contributed by atoms with Crippen LogP contribution in [-0.4, -0.2) is 14.5 Å². The number of nitrogens with zero attached hydrogens (tertiary/aromatic N) is 3. The van der Waals surface area contributed by atoms with Gasteiger partial charge in [0.15, 0.2) is 5.82 Å². The summed E-state index contributed by atoms with van der Waals surface area (Å²) in [6.07, 6.45) is 0. The fourth-order valence-electron chi connectivity index (χ4n) is 9.42. The molecule has 63 heavy (non-hydrogen) atoms. The molecule has 13 aromatic rings. The minimum atomic E-state index is 0.626. The van der Waals surface area contributed by atoms with Crippen LogP contribution in [0.3, 0.4) is 0 Å². The fraction of sp³-hybridized carbons (Fsp3) is 0. The molecule has 5 heteroatoms. The van der Waals surface area contributed by atoms with Gasteiger partial charge in [0.05, 0.1) is 22.4 Å². The topological polar surface area (TPSA) is 57.0 Å². The second kappa shape index (κ2) is 14.0. The summed E-state index contributed by atoms with van der Waals surface area (Å²) in [6.45, 7) is 0. The third-order valence-electron chi connectivity index (χ3n) is 12.4. The lowest BCUT2D eigenvalue weighted by Crippen LogP contribution is -1.96. The molecule has 0 bridgehead atoms. The third kappa shape index (κ3) is 5.78. The Labute approximate surface area is 361 Å². The molecular weight excluding hydrogens is 771 g/mol. The molecule has 0 atom stereocenters. The Morgan fingerprint density at radius 2 is 0.857 bits per heavy atom. The maximum absolute atomic E-state index is 6.71. The first-order valence-electron chi connectivity index (χ1n) is 21.2. The van der Waals surface area contributed by atoms with E-state index in [-0.39, 0.29) is 0 Å². The quantitative estimate of drug-likeness (QED) is 0.168. The number of aromatic nitrogens is 3. The van der Waals surface area contributed by atoms with E-state index in [4.69, 9.17) is 18.8 Å². The van der Waals surface area contributed by atoms with Crippen LogP contribution in [0, 0.1) is 0 Å². The fourth-order valence-corrected chi connectivity index (χ4v) is 9.42. The zero-order valence-electron chi connectivity index (χ0n) is 33.9. The molecule has 4 aromatic heterocycles. The van der Waals surface area contributed by atoms with E-state index < -0.39 is 0 Å². The van der Waals surface area contributed by atoms with E-state index in [1.54, 1.807) is 0 Å². The molecule has 0 aliphatic rings. The molecule has 0 saturated carbocycles. The molecule has 9 aromatic carbocycles. The summed E-state index contributed by atoms with van der Waals surface area (Å²) in [5.74, 6) is 0.626. The third-order valence-corrected chi connectivity index (χ3v) is 12.4. The molecule has 0 unspecified atom stereocenters. The largest absolute Gasteiger partial charge is 0.456 e. The lowest BCUT2D eigenvalue weighted by Gasteiger charge is -2.10. The Kier molecular flexibility index (Phi) is 7.84. The van der Waals surface area contributed by atoms with E-state index in [2.05, 4.69) is 168 Å². The highest BCUT2D eigenvalue weighted by molar-refractivity contribution is 6.14. The molecular formula is C58H35N3O2. The van der Waals surface area contributed by atoms with Crippen molar-refractivity contribution in [3.05, 3.63) is 212 Å². The van der Waals surface area contributed by atoms with Crippen LogP contribution in [0.25, 0.3) is 128 Å². The van der Waals surface area contributed by atoms with E-state index in [1.165, 1.54) is 27.4 Å². The van der Waals surface area contributed by atoms with Crippen LogP contribution in [0.5, 0.6) is 0 Å². The van der Waals surface area contributed by atoms with Crippen molar-refractivity contribution in [3.8, 4) is 61.8 Å². The SMILES string of the molecule is c1ccc(-c2ccc3c(c2)c2cc(-c4ccc5c(c4)oc4cccc(-c6cc(-c7ccccc7)nc(-c7ccc8c(c7)oc7ccccc78)n6)c45)ccc2n3-c2ccccc2)cc1. The lowest BCUT2D eigenvalue weighted by atomic mass is 9.98. The van der Waals surface area contributed by atoms with Crippen LogP contribution in [0.2, 0.25) is 0 Å². The van der Waals surface area contributed by atoms with Crippen LogP contribution < -0.4 is 0 Å². The van der Waals surface area contributed by atoms with Crippen LogP contribution in [0.4, 0.5) is 0 Å². The highest BCUT2D eigenvalue weighted by Crippen LogP contribution is 2.42. The zero-order chi connectivity index (χ0) is 41.4. The summed E-state index contributed by atoms with van der Waals surface area (Å²) >= 11 is 0. The molecule has 5 nitrogen and oxygen atoms in total. The Bertz CT molecular complexity index is 3900. The van der Waals surface area contributed by atoms with Gasteiger partial charge in [-0.05, 0) is 101 Å². The lowest BCUT2D eigenvalue weighted by molar-refractivity contribution is 0.668. The van der Waals surface area contributed by atoms with Gasteiger partial charge >= 0.3 is 0 Å². The second-order valence-corrected chi connectivity index (χ2v) is 16.1. The van der Waals surface area contributed by atoms with Gasteiger partial charge in [-0.25, -0.2) is 9.97 Å². The molecule has 0 amide bonds. The van der Waals surface area contributed by atoms with Crippen molar-refractivity contribution in [2.75, 3.05) is 0 Å². The van der Waals surface area contributed by atoms with Crippen molar-refractivity contribution in [1.29, 1.82) is 0 Å². The van der Waals surface area contributed by atoms with Gasteiger partial charge in [-0.1, -0.05) is 133 Å². The minimum absolute atomic E-state index is 0.626. The standard InChI is InChI=1S/C58H35N3O2/c1-4-13-36(14-5-1)38-25-29-51-47(31-38)48-32-39(26-30-52(48)61(51)42-17-8-3-9-18-42)40-23-28-46-56(33-40)63-54-22-12-20-45(57(46)54)50-35-49(37-15-6-2-7-16-37)59-58(60-50)41-24-27-44-43-19-10-11-21-53(43)62-55(44)34-41/h1-35H. The maximum atomic E-state index is 6.71. The predicted octanol–water partition coefficient (Wildman–Crippen LogP) is 15.7. The summed E-state index contributed by atoms with van der Waals surface area (Å²) in [4.78, 5) is 10.4. The number of para-hydroxylation sites is 2. The number of hydrogen-bond donors (Lipinski definition) is 0. The van der Waals surface area contributed by atoms with Crippen LogP contribution in [0.15, 0.2) is 221 Å². The highest BCUT2D eigenvalue weighted by Gasteiger charge is 2.19. The Balaban J connectivity index is 0.952. The van der Waals surface area contributed by atoms with Gasteiger partial charge in [0.1, 0.15) is 22.3 Å². The first kappa shape index (κ1) is 35.2. The van der Waals surface area contributed by atoms with E-state index in [1.807, 2.05) is 48.5 Å². The van der Waals surface area contributed by atoms with Crippen molar-refractivity contribution >= 4 is 65.7 Å². The van der Waals surface area contributed by atoms with Crippen LogP contribution >= 0.6 is 0 Å². The number of rotatable bonds is 6. The van der Waals surface area contributed by atoms with Gasteiger partial charge < -0.3 is 13.4 Å². The number of hydrogen-bond acceptors (Lipinski definition) is 4. The molecule has 0 aliphatic carbocycles. The molecule has 0 spiro atoms. The molecule has 0 saturated heterocycles. The van der Waals surface area contributed by atoms with E-state index in [9.17, 15) is 0 Å². The number of benzene rings is 9. The van der Waals surface area contributed by atoms with E-state index in [0.717, 1.165) is 94.3 Å². The van der Waals surface area contributed by atoms with Gasteiger partial charge in [0.2, 0.25) is 0 Å². The zero-order valence-corrected chi connectivity index (χ0v) is 33.9. The summed E-state index contributed by atoms with van der Waals surface area (Å²) in [7, 11) is 0. The number of furan rings is 2. The van der Waals surface area contributed by atoms with Crippen molar-refractivity contribution in [3.63, 3.8) is 0 Å². The molecule has 4 heterocycles. The van der Waals surface area contributed by atoms with Gasteiger partial charge in [-0.15, -0.1) is 0 Å². The smallest absolute Gasteiger partial charge is 0.160 e. The minimum Gasteiger partial charge on any atom is -0.456 e. The maximum Gasteiger partial charge on any atom is 0.160 e. The van der Waals surface area contributed by atoms with Gasteiger partial charge in [-0.2, -0.15) is 0 Å². The van der Waals surface area contributed by atoms with Gasteiger partial charge in [0.25, 0.3) is 0 Å². The molecule has 294 valence electrons. The van der Waals surface area contributed by atoms with E-state index >= 15 is 0 Å². The second-order valence-electron chi connectivity index (χ2n) is 16.1. The Morgan fingerprint density at radius 3 is 1.63 bits per heavy atom. The average Bonchev–Trinajstić information content (AvgIpc) is 4.03. The molecule has 13 rings (SSSR count). The van der Waals surface area contributed by atoms with Crippen molar-refractivity contribution in [1.82, 2.24) is 14.5 Å². The first-order valence-corrected chi connectivity index (χ1v) is 21.2. The summed E-state index contributed by atoms with van der Waals surface area (Å²) in [5, 5.41) is 6.62. The molecule has 0 N–H and O–H groups in total. The van der Waals surface area contributed by atoms with Gasteiger partial charge in [0, 0.05) is 54.7 Å². The Morgan fingerprint density at radius 1 is 0.317 bits per heavy atom. The normalized spacial score (nSPS) is 11.8. The van der Waals surface area contributed by atoms with Crippen molar-refractivity contribution in [2.24, 2.45) is 0 Å². The Hall–Kier alpha value is -8.54. The van der Waals surface area contributed by atoms with Crippen molar-refractivity contribution < 1.29 is 8.83 Å². The number of fused-ring (bicyclic) bond motifs is 9. The van der Waals surface area contributed by atoms with Crippen molar-refractivity contribution in [2.45, 2.75) is 0 Å². The van der Waals surface area contributed by atoms with E-state index in [0.29, 0.717) is 5.82 Å². The van der Waals surface area contributed by atoms with Crippen LogP contribution in [-0.2, 0) is 0 Å². The summed E-state index contributed by atoms with van der Waals surface area (Å²) in [5.41, 5.74) is 15.9. The van der Waals surface area contributed by atoms with Crippen LogP contribution in [0.1, 0.15) is 0 Å². The summed E-state index contributed by atoms with van der Waals surface area (Å²) < 4.78 is 15.4. The van der Waals surface area contributed by atoms with Gasteiger partial charge in [-0.3, -0.25) is 0 Å². The molecule has 0 fully saturated rings. The average molecular weight is 806 g/mol. The molecule has 0 aliphatic heterocycles. The summed E-state index contributed by atoms with van der Waals surface area (Å²) in [6, 6.07) is 74.4. The highest BCUT2D eigenvalue weighted by atomic mass is 16.3. The first-order chi connectivity index (χ1) is 31.2. The monoisotopic (exact) mass is 805 g/mol. The predicted molar refractivity (Wildman–Crippen MR) is 258 cm³/mol. The molecule has 0 radical (unpaired) electrons.